The minimum atomic E-state index is -0.265. The molecule has 1 saturated carbocycles. The maximum absolute atomic E-state index is 6.14. The maximum atomic E-state index is 6.14. The van der Waals surface area contributed by atoms with Gasteiger partial charge < -0.3 is 11.5 Å². The number of hydrogen-bond acceptors (Lipinski definition) is 2. The Bertz CT molecular complexity index is 177. The van der Waals surface area contributed by atoms with E-state index in [1.807, 2.05) is 0 Å². The van der Waals surface area contributed by atoms with Crippen LogP contribution in [-0.4, -0.2) is 5.54 Å². The first-order chi connectivity index (χ1) is 5.58. The van der Waals surface area contributed by atoms with Crippen LogP contribution in [0.15, 0.2) is 12.3 Å². The van der Waals surface area contributed by atoms with Crippen molar-refractivity contribution in [3.63, 3.8) is 0 Å². The molecule has 0 aromatic heterocycles. The third-order valence-electron chi connectivity index (χ3n) is 3.11. The molecule has 0 aliphatic heterocycles. The molecule has 2 atom stereocenters. The van der Waals surface area contributed by atoms with Crippen molar-refractivity contribution in [3.8, 4) is 0 Å². The van der Waals surface area contributed by atoms with Gasteiger partial charge in [-0.25, -0.2) is 0 Å². The van der Waals surface area contributed by atoms with Crippen molar-refractivity contribution in [2.75, 3.05) is 0 Å². The summed E-state index contributed by atoms with van der Waals surface area (Å²) in [4.78, 5) is 0. The van der Waals surface area contributed by atoms with Crippen molar-refractivity contribution in [2.45, 2.75) is 44.6 Å². The van der Waals surface area contributed by atoms with E-state index in [0.717, 1.165) is 18.8 Å². The Morgan fingerprint density at radius 1 is 1.67 bits per heavy atom. The molecule has 0 saturated heterocycles. The van der Waals surface area contributed by atoms with Gasteiger partial charge in [0.05, 0.1) is 5.54 Å². The molecule has 1 unspecified atom stereocenters. The fourth-order valence-electron chi connectivity index (χ4n) is 2.07. The molecule has 0 bridgehead atoms. The Kier molecular flexibility index (Phi) is 2.78. The van der Waals surface area contributed by atoms with Crippen LogP contribution in [0.2, 0.25) is 0 Å². The van der Waals surface area contributed by atoms with Crippen molar-refractivity contribution in [2.24, 2.45) is 17.4 Å². The molecule has 2 heteroatoms. The smallest absolute Gasteiger partial charge is 0.0552 e. The third kappa shape index (κ3) is 1.81. The van der Waals surface area contributed by atoms with Gasteiger partial charge in [-0.1, -0.05) is 32.8 Å². The molecule has 4 N–H and O–H groups in total. The second-order valence-corrected chi connectivity index (χ2v) is 4.05. The van der Waals surface area contributed by atoms with Gasteiger partial charge in [-0.15, -0.1) is 0 Å². The van der Waals surface area contributed by atoms with E-state index < -0.39 is 0 Å². The highest BCUT2D eigenvalue weighted by Gasteiger charge is 2.33. The first-order valence-corrected chi connectivity index (χ1v) is 4.82. The Balaban J connectivity index is 2.61. The molecule has 12 heavy (non-hydrogen) atoms. The number of rotatable bonds is 2. The average Bonchev–Trinajstić information content (AvgIpc) is 2.04. The highest BCUT2D eigenvalue weighted by Crippen LogP contribution is 2.34. The lowest BCUT2D eigenvalue weighted by Crippen LogP contribution is -2.48. The van der Waals surface area contributed by atoms with Crippen molar-refractivity contribution < 1.29 is 0 Å². The van der Waals surface area contributed by atoms with E-state index in [0.29, 0.717) is 5.70 Å². The van der Waals surface area contributed by atoms with E-state index in [9.17, 15) is 0 Å². The molecule has 0 amide bonds. The normalized spacial score (nSPS) is 36.3. The van der Waals surface area contributed by atoms with Gasteiger partial charge in [-0.05, 0) is 18.8 Å². The molecule has 70 valence electrons. The van der Waals surface area contributed by atoms with Gasteiger partial charge in [0.25, 0.3) is 0 Å². The monoisotopic (exact) mass is 168 g/mol. The van der Waals surface area contributed by atoms with Crippen LogP contribution in [0.5, 0.6) is 0 Å². The summed E-state index contributed by atoms with van der Waals surface area (Å²) in [6.07, 6.45) is 5.76. The van der Waals surface area contributed by atoms with Crippen molar-refractivity contribution >= 4 is 0 Å². The van der Waals surface area contributed by atoms with Gasteiger partial charge in [0.15, 0.2) is 0 Å². The molecular formula is C10H20N2. The predicted octanol–water partition coefficient (Wildman–Crippen LogP) is 1.76. The van der Waals surface area contributed by atoms with Crippen LogP contribution in [0.1, 0.15) is 39.0 Å². The average molecular weight is 168 g/mol. The zero-order valence-corrected chi connectivity index (χ0v) is 7.97. The molecule has 0 radical (unpaired) electrons. The fourth-order valence-corrected chi connectivity index (χ4v) is 2.07. The van der Waals surface area contributed by atoms with E-state index in [2.05, 4.69) is 13.5 Å². The largest absolute Gasteiger partial charge is 0.401 e. The van der Waals surface area contributed by atoms with Gasteiger partial charge in [-0.3, -0.25) is 0 Å². The Labute approximate surface area is 75.0 Å². The Morgan fingerprint density at radius 3 is 2.83 bits per heavy atom. The summed E-state index contributed by atoms with van der Waals surface area (Å²) in [5, 5.41) is 0. The highest BCUT2D eigenvalue weighted by atomic mass is 14.8. The van der Waals surface area contributed by atoms with Gasteiger partial charge in [0.2, 0.25) is 0 Å². The lowest BCUT2D eigenvalue weighted by Gasteiger charge is -2.37. The van der Waals surface area contributed by atoms with Crippen LogP contribution in [0.4, 0.5) is 0 Å². The predicted molar refractivity (Wildman–Crippen MR) is 52.5 cm³/mol. The summed E-state index contributed by atoms with van der Waals surface area (Å²) < 4.78 is 0. The third-order valence-corrected chi connectivity index (χ3v) is 3.11. The molecule has 1 aliphatic rings. The summed E-state index contributed by atoms with van der Waals surface area (Å²) in [6.45, 7) is 5.99. The minimum Gasteiger partial charge on any atom is -0.401 e. The molecule has 0 aromatic rings. The summed E-state index contributed by atoms with van der Waals surface area (Å²) in [6, 6.07) is 0. The van der Waals surface area contributed by atoms with Gasteiger partial charge in [0.1, 0.15) is 0 Å². The molecule has 0 heterocycles. The molecule has 0 aromatic carbocycles. The summed E-state index contributed by atoms with van der Waals surface area (Å²) >= 11 is 0. The van der Waals surface area contributed by atoms with Crippen molar-refractivity contribution in [3.05, 3.63) is 12.3 Å². The zero-order valence-electron chi connectivity index (χ0n) is 7.97. The van der Waals surface area contributed by atoms with Gasteiger partial charge in [0, 0.05) is 5.70 Å². The highest BCUT2D eigenvalue weighted by molar-refractivity contribution is 5.13. The molecule has 0 spiro atoms. The first-order valence-electron chi connectivity index (χ1n) is 4.82. The number of hydrogen-bond donors (Lipinski definition) is 2. The molecule has 1 fully saturated rings. The molecule has 1 aliphatic carbocycles. The van der Waals surface area contributed by atoms with Crippen LogP contribution in [0, 0.1) is 5.92 Å². The second kappa shape index (κ2) is 3.48. The van der Waals surface area contributed by atoms with Crippen molar-refractivity contribution in [1.29, 1.82) is 0 Å². The first kappa shape index (κ1) is 9.59. The standard InChI is InChI=1S/C10H20N2/c1-3-9-5-4-6-10(12,7-9)8(2)11/h9H,2-7,11-12H2,1H3/t9?,10-/m1/s1. The SMILES string of the molecule is C=C(N)[C@@]1(N)CCCC(CC)C1. The van der Waals surface area contributed by atoms with E-state index in [-0.39, 0.29) is 5.54 Å². The lowest BCUT2D eigenvalue weighted by molar-refractivity contribution is 0.250. The van der Waals surface area contributed by atoms with Crippen LogP contribution >= 0.6 is 0 Å². The quantitative estimate of drug-likeness (QED) is 0.660. The van der Waals surface area contributed by atoms with Gasteiger partial charge in [-0.2, -0.15) is 0 Å². The van der Waals surface area contributed by atoms with Crippen molar-refractivity contribution in [1.82, 2.24) is 0 Å². The second-order valence-electron chi connectivity index (χ2n) is 4.05. The molecular weight excluding hydrogens is 148 g/mol. The van der Waals surface area contributed by atoms with Crippen LogP contribution in [0.3, 0.4) is 0 Å². The topological polar surface area (TPSA) is 52.0 Å². The molecule has 1 rings (SSSR count). The Morgan fingerprint density at radius 2 is 2.33 bits per heavy atom. The fraction of sp³-hybridized carbons (Fsp3) is 0.800. The Hall–Kier alpha value is -0.500. The van der Waals surface area contributed by atoms with E-state index in [4.69, 9.17) is 11.5 Å². The minimum absolute atomic E-state index is 0.265. The zero-order chi connectivity index (χ0) is 9.19. The van der Waals surface area contributed by atoms with Crippen LogP contribution < -0.4 is 11.5 Å². The summed E-state index contributed by atoms with van der Waals surface area (Å²) in [5.41, 5.74) is 12.2. The van der Waals surface area contributed by atoms with E-state index >= 15 is 0 Å². The molecule has 2 nitrogen and oxygen atoms in total. The van der Waals surface area contributed by atoms with Crippen LogP contribution in [0.25, 0.3) is 0 Å². The number of nitrogens with two attached hydrogens (primary N) is 2. The summed E-state index contributed by atoms with van der Waals surface area (Å²) in [5.74, 6) is 0.754. The van der Waals surface area contributed by atoms with E-state index in [1.165, 1.54) is 19.3 Å². The van der Waals surface area contributed by atoms with Crippen LogP contribution in [-0.2, 0) is 0 Å². The summed E-state index contributed by atoms with van der Waals surface area (Å²) in [7, 11) is 0. The van der Waals surface area contributed by atoms with E-state index in [1.54, 1.807) is 0 Å². The lowest BCUT2D eigenvalue weighted by atomic mass is 9.74. The van der Waals surface area contributed by atoms with Gasteiger partial charge >= 0.3 is 0 Å². The maximum Gasteiger partial charge on any atom is 0.0552 e.